The lowest BCUT2D eigenvalue weighted by molar-refractivity contribution is 0.0678. The van der Waals surface area contributed by atoms with Crippen molar-refractivity contribution in [3.05, 3.63) is 105 Å². The Morgan fingerprint density at radius 1 is 1.03 bits per heavy atom. The lowest BCUT2D eigenvalue weighted by atomic mass is 10.1. The van der Waals surface area contributed by atoms with Gasteiger partial charge >= 0.3 is 0 Å². The third kappa shape index (κ3) is 4.62. The third-order valence-corrected chi connectivity index (χ3v) is 6.36. The van der Waals surface area contributed by atoms with Crippen molar-refractivity contribution in [3.63, 3.8) is 0 Å². The number of carbonyl (C=O) groups excluding carboxylic acids is 1. The molecule has 0 aliphatic rings. The van der Waals surface area contributed by atoms with Crippen molar-refractivity contribution in [2.45, 2.75) is 39.7 Å². The number of para-hydroxylation sites is 2. The van der Waals surface area contributed by atoms with E-state index in [2.05, 4.69) is 6.92 Å². The summed E-state index contributed by atoms with van der Waals surface area (Å²) < 4.78 is 1.66. The molecule has 0 aliphatic heterocycles. The maximum absolute atomic E-state index is 13.7. The van der Waals surface area contributed by atoms with Crippen LogP contribution in [0.2, 0.25) is 5.02 Å². The van der Waals surface area contributed by atoms with E-state index in [9.17, 15) is 9.59 Å². The van der Waals surface area contributed by atoms with E-state index >= 15 is 0 Å². The number of aromatic nitrogens is 2. The second-order valence-corrected chi connectivity index (χ2v) is 8.89. The van der Waals surface area contributed by atoms with Crippen molar-refractivity contribution in [1.82, 2.24) is 14.5 Å². The Labute approximate surface area is 204 Å². The van der Waals surface area contributed by atoms with Crippen molar-refractivity contribution in [3.8, 4) is 5.69 Å². The number of unbranched alkanes of at least 4 members (excludes halogenated alkanes) is 1. The molecule has 1 aromatic heterocycles. The van der Waals surface area contributed by atoms with Crippen LogP contribution < -0.4 is 5.56 Å². The van der Waals surface area contributed by atoms with Gasteiger partial charge in [0.2, 0.25) is 0 Å². The number of carbonyl (C=O) groups is 1. The van der Waals surface area contributed by atoms with Gasteiger partial charge in [-0.1, -0.05) is 55.3 Å². The number of amides is 1. The zero-order valence-corrected chi connectivity index (χ0v) is 20.4. The number of hydrogen-bond acceptors (Lipinski definition) is 3. The quantitative estimate of drug-likeness (QED) is 0.314. The molecule has 1 amide bonds. The van der Waals surface area contributed by atoms with Crippen LogP contribution >= 0.6 is 11.6 Å². The van der Waals surface area contributed by atoms with E-state index in [1.54, 1.807) is 39.8 Å². The Morgan fingerprint density at radius 3 is 2.41 bits per heavy atom. The van der Waals surface area contributed by atoms with E-state index in [4.69, 9.17) is 16.6 Å². The van der Waals surface area contributed by atoms with Crippen LogP contribution in [0, 0.1) is 6.92 Å². The summed E-state index contributed by atoms with van der Waals surface area (Å²) in [5.41, 5.74) is 2.75. The predicted octanol–water partition coefficient (Wildman–Crippen LogP) is 6.35. The highest BCUT2D eigenvalue weighted by molar-refractivity contribution is 6.30. The summed E-state index contributed by atoms with van der Waals surface area (Å²) in [6, 6.07) is 21.6. The molecule has 0 spiro atoms. The zero-order chi connectivity index (χ0) is 24.2. The molecule has 4 aromatic rings. The van der Waals surface area contributed by atoms with E-state index in [0.29, 0.717) is 33.9 Å². The van der Waals surface area contributed by atoms with E-state index in [0.717, 1.165) is 24.1 Å². The number of hydrogen-bond donors (Lipinski definition) is 0. The maximum atomic E-state index is 13.7. The van der Waals surface area contributed by atoms with Crippen molar-refractivity contribution in [1.29, 1.82) is 0 Å². The van der Waals surface area contributed by atoms with Crippen LogP contribution in [-0.2, 0) is 0 Å². The largest absolute Gasteiger partial charge is 0.329 e. The summed E-state index contributed by atoms with van der Waals surface area (Å²) in [6.45, 7) is 6.55. The molecular formula is C28H28ClN3O2. The zero-order valence-electron chi connectivity index (χ0n) is 19.7. The Kier molecular flexibility index (Phi) is 7.13. The van der Waals surface area contributed by atoms with Crippen LogP contribution in [-0.4, -0.2) is 26.9 Å². The summed E-state index contributed by atoms with van der Waals surface area (Å²) in [7, 11) is 0. The minimum atomic E-state index is -0.438. The first-order valence-corrected chi connectivity index (χ1v) is 11.9. The monoisotopic (exact) mass is 473 g/mol. The number of aryl methyl sites for hydroxylation is 1. The third-order valence-electron chi connectivity index (χ3n) is 6.10. The molecule has 0 fully saturated rings. The van der Waals surface area contributed by atoms with Crippen molar-refractivity contribution < 1.29 is 4.79 Å². The lowest BCUT2D eigenvalue weighted by Crippen LogP contribution is -2.38. The first-order valence-electron chi connectivity index (χ1n) is 11.6. The molecular weight excluding hydrogens is 446 g/mol. The van der Waals surface area contributed by atoms with E-state index < -0.39 is 6.04 Å². The maximum Gasteiger partial charge on any atom is 0.266 e. The summed E-state index contributed by atoms with van der Waals surface area (Å²) >= 11 is 6.04. The first-order chi connectivity index (χ1) is 16.4. The van der Waals surface area contributed by atoms with Gasteiger partial charge < -0.3 is 4.90 Å². The molecule has 0 aliphatic carbocycles. The van der Waals surface area contributed by atoms with Gasteiger partial charge in [-0.25, -0.2) is 4.98 Å². The predicted molar refractivity (Wildman–Crippen MR) is 138 cm³/mol. The minimum Gasteiger partial charge on any atom is -0.329 e. The fraction of sp³-hybridized carbons (Fsp3) is 0.250. The number of fused-ring (bicyclic) bond motifs is 1. The molecule has 0 bridgehead atoms. The van der Waals surface area contributed by atoms with Gasteiger partial charge in [-0.15, -0.1) is 0 Å². The molecule has 174 valence electrons. The van der Waals surface area contributed by atoms with Gasteiger partial charge in [0.1, 0.15) is 5.82 Å². The molecule has 4 rings (SSSR count). The summed E-state index contributed by atoms with van der Waals surface area (Å²) in [5, 5.41) is 1.13. The van der Waals surface area contributed by atoms with Gasteiger partial charge in [0.15, 0.2) is 0 Å². The number of benzene rings is 3. The van der Waals surface area contributed by atoms with Gasteiger partial charge in [0, 0.05) is 17.1 Å². The van der Waals surface area contributed by atoms with Crippen LogP contribution in [0.5, 0.6) is 0 Å². The standard InChI is InChI=1S/C28H28ClN3O2/c1-4-5-18-31(27(33)21-14-16-22(29)17-15-21)20(3)26-30-24-12-8-7-11-23(24)28(34)32(26)25-13-9-6-10-19(25)2/h6-17,20H,4-5,18H2,1-3H3. The van der Waals surface area contributed by atoms with Gasteiger partial charge in [-0.2, -0.15) is 0 Å². The van der Waals surface area contributed by atoms with E-state index in [1.807, 2.05) is 56.3 Å². The lowest BCUT2D eigenvalue weighted by Gasteiger charge is -2.31. The normalized spacial score (nSPS) is 12.0. The Bertz CT molecular complexity index is 1380. The topological polar surface area (TPSA) is 55.2 Å². The molecule has 1 atom stereocenters. The number of rotatable bonds is 7. The summed E-state index contributed by atoms with van der Waals surface area (Å²) in [5.74, 6) is 0.424. The van der Waals surface area contributed by atoms with Gasteiger partial charge in [0.05, 0.1) is 22.6 Å². The van der Waals surface area contributed by atoms with Crippen LogP contribution in [0.4, 0.5) is 0 Å². The molecule has 1 heterocycles. The number of nitrogens with zero attached hydrogens (tertiary/aromatic N) is 3. The summed E-state index contributed by atoms with van der Waals surface area (Å²) in [6.07, 6.45) is 1.78. The average molecular weight is 474 g/mol. The van der Waals surface area contributed by atoms with Crippen molar-refractivity contribution in [2.24, 2.45) is 0 Å². The molecule has 34 heavy (non-hydrogen) atoms. The molecule has 0 radical (unpaired) electrons. The molecule has 6 heteroatoms. The van der Waals surface area contributed by atoms with Crippen LogP contribution in [0.3, 0.4) is 0 Å². The van der Waals surface area contributed by atoms with Crippen LogP contribution in [0.25, 0.3) is 16.6 Å². The van der Waals surface area contributed by atoms with Gasteiger partial charge in [-0.05, 0) is 68.3 Å². The number of halogens is 1. The fourth-order valence-electron chi connectivity index (χ4n) is 4.17. The molecule has 3 aromatic carbocycles. The minimum absolute atomic E-state index is 0.114. The Hall–Kier alpha value is -3.44. The van der Waals surface area contributed by atoms with Crippen LogP contribution in [0.1, 0.15) is 54.5 Å². The molecule has 0 saturated carbocycles. The Balaban J connectivity index is 1.91. The highest BCUT2D eigenvalue weighted by atomic mass is 35.5. The second-order valence-electron chi connectivity index (χ2n) is 8.45. The highest BCUT2D eigenvalue weighted by Gasteiger charge is 2.27. The summed E-state index contributed by atoms with van der Waals surface area (Å²) in [4.78, 5) is 34.1. The van der Waals surface area contributed by atoms with Gasteiger partial charge in [0.25, 0.3) is 11.5 Å². The Morgan fingerprint density at radius 2 is 1.71 bits per heavy atom. The van der Waals surface area contributed by atoms with Crippen LogP contribution in [0.15, 0.2) is 77.6 Å². The van der Waals surface area contributed by atoms with Crippen molar-refractivity contribution in [2.75, 3.05) is 6.54 Å². The highest BCUT2D eigenvalue weighted by Crippen LogP contribution is 2.26. The molecule has 5 nitrogen and oxygen atoms in total. The fourth-order valence-corrected chi connectivity index (χ4v) is 4.30. The average Bonchev–Trinajstić information content (AvgIpc) is 2.85. The molecule has 0 saturated heterocycles. The van der Waals surface area contributed by atoms with E-state index in [-0.39, 0.29) is 11.5 Å². The second kappa shape index (κ2) is 10.2. The first kappa shape index (κ1) is 23.7. The SMILES string of the molecule is CCCCN(C(=O)c1ccc(Cl)cc1)C(C)c1nc2ccccc2c(=O)n1-c1ccccc1C. The van der Waals surface area contributed by atoms with Gasteiger partial charge in [-0.3, -0.25) is 14.2 Å². The van der Waals surface area contributed by atoms with Crippen molar-refractivity contribution >= 4 is 28.4 Å². The molecule has 1 unspecified atom stereocenters. The van der Waals surface area contributed by atoms with E-state index in [1.165, 1.54) is 0 Å². The smallest absolute Gasteiger partial charge is 0.266 e. The molecule has 0 N–H and O–H groups in total.